The van der Waals surface area contributed by atoms with Crippen molar-refractivity contribution in [1.82, 2.24) is 30.1 Å². The molecule has 0 aliphatic heterocycles. The molecule has 0 spiro atoms. The number of pyridine rings is 1. The first kappa shape index (κ1) is 24.1. The number of rotatable bonds is 10. The molecule has 182 valence electrons. The maximum Gasteiger partial charge on any atom is 0.327 e. The Morgan fingerprint density at radius 1 is 1.09 bits per heavy atom. The second kappa shape index (κ2) is 10.9. The zero-order valence-corrected chi connectivity index (χ0v) is 20.0. The Labute approximate surface area is 202 Å². The van der Waals surface area contributed by atoms with E-state index in [2.05, 4.69) is 25.4 Å². The maximum absolute atomic E-state index is 12.9. The van der Waals surface area contributed by atoms with Gasteiger partial charge < -0.3 is 14.5 Å². The first-order chi connectivity index (χ1) is 16.9. The standard InChI is InChI=1S/C25H28N6O4/c1-4-35-24(32)16-31-23(27-28-29-31)15-30(13-18-6-9-21(34-3)10-7-18)14-20-12-19-8-5-17(2)11-22(19)26-25(20)33/h5-12H,4,13-16H2,1-3H3,(H,26,33). The van der Waals surface area contributed by atoms with E-state index in [4.69, 9.17) is 9.47 Å². The molecule has 10 heteroatoms. The van der Waals surface area contributed by atoms with Crippen LogP contribution in [-0.4, -0.2) is 49.8 Å². The SMILES string of the molecule is CCOC(=O)Cn1nnnc1CN(Cc1ccc(OC)cc1)Cc1cc2ccc(C)cc2[nH]c1=O. The molecule has 0 amide bonds. The monoisotopic (exact) mass is 476 g/mol. The molecule has 0 radical (unpaired) electrons. The van der Waals surface area contributed by atoms with E-state index in [0.29, 0.717) is 31.0 Å². The molecule has 2 heterocycles. The van der Waals surface area contributed by atoms with Crippen molar-refractivity contribution in [2.45, 2.75) is 40.0 Å². The van der Waals surface area contributed by atoms with Gasteiger partial charge in [0.2, 0.25) is 0 Å². The molecule has 0 aliphatic carbocycles. The number of aromatic nitrogens is 5. The number of benzene rings is 2. The fourth-order valence-electron chi connectivity index (χ4n) is 3.86. The molecule has 4 aromatic rings. The fourth-order valence-corrected chi connectivity index (χ4v) is 3.86. The highest BCUT2D eigenvalue weighted by Crippen LogP contribution is 2.18. The van der Waals surface area contributed by atoms with E-state index in [1.54, 1.807) is 14.0 Å². The topological polar surface area (TPSA) is 115 Å². The Kier molecular flexibility index (Phi) is 7.51. The van der Waals surface area contributed by atoms with Crippen LogP contribution in [0.4, 0.5) is 0 Å². The van der Waals surface area contributed by atoms with Crippen LogP contribution in [0.25, 0.3) is 10.9 Å². The van der Waals surface area contributed by atoms with Crippen LogP contribution in [-0.2, 0) is 35.7 Å². The number of carbonyl (C=O) groups is 1. The zero-order chi connectivity index (χ0) is 24.8. The van der Waals surface area contributed by atoms with Gasteiger partial charge in [-0.1, -0.05) is 24.3 Å². The average Bonchev–Trinajstić information content (AvgIpc) is 3.26. The summed E-state index contributed by atoms with van der Waals surface area (Å²) < 4.78 is 11.7. The number of aromatic amines is 1. The van der Waals surface area contributed by atoms with Crippen molar-refractivity contribution < 1.29 is 14.3 Å². The van der Waals surface area contributed by atoms with Crippen LogP contribution in [0.5, 0.6) is 5.75 Å². The van der Waals surface area contributed by atoms with E-state index in [1.165, 1.54) is 4.68 Å². The van der Waals surface area contributed by atoms with Crippen molar-refractivity contribution in [1.29, 1.82) is 0 Å². The number of methoxy groups -OCH3 is 1. The lowest BCUT2D eigenvalue weighted by Crippen LogP contribution is -2.28. The summed E-state index contributed by atoms with van der Waals surface area (Å²) in [7, 11) is 1.62. The minimum atomic E-state index is -0.413. The van der Waals surface area contributed by atoms with Gasteiger partial charge in [-0.3, -0.25) is 14.5 Å². The van der Waals surface area contributed by atoms with E-state index in [-0.39, 0.29) is 18.7 Å². The number of esters is 1. The van der Waals surface area contributed by atoms with Gasteiger partial charge in [-0.2, -0.15) is 0 Å². The molecule has 0 aliphatic rings. The molecular weight excluding hydrogens is 448 g/mol. The number of H-pyrrole nitrogens is 1. The Morgan fingerprint density at radius 2 is 1.89 bits per heavy atom. The number of carbonyl (C=O) groups excluding carboxylic acids is 1. The van der Waals surface area contributed by atoms with Crippen LogP contribution in [0.15, 0.2) is 53.3 Å². The van der Waals surface area contributed by atoms with Crippen LogP contribution in [0, 0.1) is 6.92 Å². The maximum atomic E-state index is 12.9. The molecule has 10 nitrogen and oxygen atoms in total. The number of ether oxygens (including phenoxy) is 2. The molecule has 1 N–H and O–H groups in total. The Morgan fingerprint density at radius 3 is 2.63 bits per heavy atom. The summed E-state index contributed by atoms with van der Waals surface area (Å²) in [5, 5.41) is 12.7. The van der Waals surface area contributed by atoms with Gasteiger partial charge in [0.15, 0.2) is 5.82 Å². The minimum absolute atomic E-state index is 0.0809. The highest BCUT2D eigenvalue weighted by Gasteiger charge is 2.17. The third-order valence-electron chi connectivity index (χ3n) is 5.59. The van der Waals surface area contributed by atoms with Crippen LogP contribution in [0.1, 0.15) is 29.4 Å². The highest BCUT2D eigenvalue weighted by molar-refractivity contribution is 5.79. The van der Waals surface area contributed by atoms with Gasteiger partial charge >= 0.3 is 5.97 Å². The number of hydrogen-bond donors (Lipinski definition) is 1. The van der Waals surface area contributed by atoms with Crippen molar-refractivity contribution in [2.75, 3.05) is 13.7 Å². The molecule has 0 saturated heterocycles. The predicted molar refractivity (Wildman–Crippen MR) is 130 cm³/mol. The average molecular weight is 477 g/mol. The van der Waals surface area contributed by atoms with Crippen molar-refractivity contribution in [3.63, 3.8) is 0 Å². The van der Waals surface area contributed by atoms with Crippen molar-refractivity contribution >= 4 is 16.9 Å². The molecular formula is C25H28N6O4. The van der Waals surface area contributed by atoms with Crippen LogP contribution < -0.4 is 10.3 Å². The summed E-state index contributed by atoms with van der Waals surface area (Å²) in [4.78, 5) is 29.9. The number of nitrogens with zero attached hydrogens (tertiary/aromatic N) is 5. The highest BCUT2D eigenvalue weighted by atomic mass is 16.5. The van der Waals surface area contributed by atoms with Gasteiger partial charge in [0.1, 0.15) is 12.3 Å². The minimum Gasteiger partial charge on any atom is -0.497 e. The smallest absolute Gasteiger partial charge is 0.327 e. The molecule has 4 rings (SSSR count). The summed E-state index contributed by atoms with van der Waals surface area (Å²) in [5.74, 6) is 0.850. The number of hydrogen-bond acceptors (Lipinski definition) is 8. The van der Waals surface area contributed by atoms with E-state index < -0.39 is 5.97 Å². The lowest BCUT2D eigenvalue weighted by molar-refractivity contribution is -0.144. The molecule has 2 aromatic heterocycles. The van der Waals surface area contributed by atoms with Crippen LogP contribution in [0.3, 0.4) is 0 Å². The Balaban J connectivity index is 1.62. The number of tetrazole rings is 1. The van der Waals surface area contributed by atoms with Gasteiger partial charge in [-0.05, 0) is 65.1 Å². The van der Waals surface area contributed by atoms with Gasteiger partial charge in [-0.15, -0.1) is 5.10 Å². The second-order valence-corrected chi connectivity index (χ2v) is 8.27. The molecule has 0 unspecified atom stereocenters. The molecule has 0 atom stereocenters. The Bertz CT molecular complexity index is 1360. The van der Waals surface area contributed by atoms with Gasteiger partial charge in [-0.25, -0.2) is 4.68 Å². The first-order valence-corrected chi connectivity index (χ1v) is 11.3. The van der Waals surface area contributed by atoms with E-state index in [0.717, 1.165) is 27.8 Å². The van der Waals surface area contributed by atoms with Crippen molar-refractivity contribution in [3.8, 4) is 5.75 Å². The third-order valence-corrected chi connectivity index (χ3v) is 5.59. The van der Waals surface area contributed by atoms with Gasteiger partial charge in [0.25, 0.3) is 5.56 Å². The van der Waals surface area contributed by atoms with Crippen molar-refractivity contribution in [2.24, 2.45) is 0 Å². The summed E-state index contributed by atoms with van der Waals surface area (Å²) in [6, 6.07) is 15.6. The van der Waals surface area contributed by atoms with Gasteiger partial charge in [0, 0.05) is 24.2 Å². The number of nitrogens with one attached hydrogen (secondary N) is 1. The summed E-state index contributed by atoms with van der Waals surface area (Å²) in [6.45, 7) is 5.15. The number of aryl methyl sites for hydroxylation is 1. The molecule has 0 bridgehead atoms. The third kappa shape index (κ3) is 6.10. The lowest BCUT2D eigenvalue weighted by Gasteiger charge is -2.22. The predicted octanol–water partition coefficient (Wildman–Crippen LogP) is 2.60. The van der Waals surface area contributed by atoms with Gasteiger partial charge in [0.05, 0.1) is 20.3 Å². The van der Waals surface area contributed by atoms with E-state index in [1.807, 2.05) is 55.5 Å². The fraction of sp³-hybridized carbons (Fsp3) is 0.320. The molecule has 2 aromatic carbocycles. The normalized spacial score (nSPS) is 11.2. The molecule has 35 heavy (non-hydrogen) atoms. The van der Waals surface area contributed by atoms with Crippen LogP contribution in [0.2, 0.25) is 0 Å². The molecule has 0 saturated carbocycles. The lowest BCUT2D eigenvalue weighted by atomic mass is 10.1. The largest absolute Gasteiger partial charge is 0.497 e. The number of fused-ring (bicyclic) bond motifs is 1. The summed E-state index contributed by atoms with van der Waals surface area (Å²) >= 11 is 0. The second-order valence-electron chi connectivity index (χ2n) is 8.27. The summed E-state index contributed by atoms with van der Waals surface area (Å²) in [6.07, 6.45) is 0. The van der Waals surface area contributed by atoms with E-state index >= 15 is 0 Å². The van der Waals surface area contributed by atoms with E-state index in [9.17, 15) is 9.59 Å². The quantitative estimate of drug-likeness (QED) is 0.347. The van der Waals surface area contributed by atoms with Crippen molar-refractivity contribution in [3.05, 3.63) is 81.4 Å². The zero-order valence-electron chi connectivity index (χ0n) is 20.0. The van der Waals surface area contributed by atoms with Crippen LogP contribution >= 0.6 is 0 Å². The Hall–Kier alpha value is -4.05. The summed E-state index contributed by atoms with van der Waals surface area (Å²) in [5.41, 5.74) is 3.39. The first-order valence-electron chi connectivity index (χ1n) is 11.3. The molecule has 0 fully saturated rings.